The van der Waals surface area contributed by atoms with Crippen molar-refractivity contribution in [1.82, 2.24) is 0 Å². The molecule has 0 amide bonds. The van der Waals surface area contributed by atoms with Gasteiger partial charge in [-0.05, 0) is 34.9 Å². The summed E-state index contributed by atoms with van der Waals surface area (Å²) in [6, 6.07) is 11.4. The summed E-state index contributed by atoms with van der Waals surface area (Å²) in [6.07, 6.45) is 2.08. The van der Waals surface area contributed by atoms with E-state index in [0.29, 0.717) is 18.4 Å². The SMILES string of the molecule is COC(=O)c1ccc2cccc(CCC=O)c2c1. The Kier molecular flexibility index (Phi) is 3.72. The number of esters is 1. The second kappa shape index (κ2) is 5.45. The van der Waals surface area contributed by atoms with Crippen LogP contribution in [0, 0.1) is 0 Å². The fourth-order valence-corrected chi connectivity index (χ4v) is 2.01. The number of hydrogen-bond donors (Lipinski definition) is 0. The predicted molar refractivity (Wildman–Crippen MR) is 69.7 cm³/mol. The highest BCUT2D eigenvalue weighted by molar-refractivity contribution is 5.96. The van der Waals surface area contributed by atoms with Crippen LogP contribution in [0.1, 0.15) is 22.3 Å². The maximum Gasteiger partial charge on any atom is 0.337 e. The molecule has 0 fully saturated rings. The van der Waals surface area contributed by atoms with Crippen LogP contribution >= 0.6 is 0 Å². The fraction of sp³-hybridized carbons (Fsp3) is 0.200. The second-order valence-electron chi connectivity index (χ2n) is 4.05. The van der Waals surface area contributed by atoms with Crippen LogP contribution in [0.3, 0.4) is 0 Å². The number of methoxy groups -OCH3 is 1. The number of fused-ring (bicyclic) bond motifs is 1. The lowest BCUT2D eigenvalue weighted by molar-refractivity contribution is -0.107. The van der Waals surface area contributed by atoms with E-state index in [2.05, 4.69) is 0 Å². The Bertz CT molecular complexity index is 587. The molecule has 3 nitrogen and oxygen atoms in total. The van der Waals surface area contributed by atoms with Gasteiger partial charge in [0.1, 0.15) is 6.29 Å². The van der Waals surface area contributed by atoms with Crippen molar-refractivity contribution >= 4 is 23.0 Å². The van der Waals surface area contributed by atoms with E-state index < -0.39 is 0 Å². The number of carbonyl (C=O) groups excluding carboxylic acids is 2. The van der Waals surface area contributed by atoms with E-state index in [1.807, 2.05) is 30.3 Å². The number of aldehydes is 1. The maximum absolute atomic E-state index is 11.5. The molecule has 0 spiro atoms. The Balaban J connectivity index is 2.51. The summed E-state index contributed by atoms with van der Waals surface area (Å²) in [5, 5.41) is 2.06. The number of ether oxygens (including phenoxy) is 1. The maximum atomic E-state index is 11.5. The third-order valence-electron chi connectivity index (χ3n) is 2.93. The molecule has 0 aliphatic rings. The molecule has 0 bridgehead atoms. The van der Waals surface area contributed by atoms with Crippen LogP contribution in [-0.4, -0.2) is 19.4 Å². The molecule has 0 aliphatic carbocycles. The van der Waals surface area contributed by atoms with Crippen LogP contribution in [0.2, 0.25) is 0 Å². The summed E-state index contributed by atoms with van der Waals surface area (Å²) in [6.45, 7) is 0. The van der Waals surface area contributed by atoms with Gasteiger partial charge in [0.15, 0.2) is 0 Å². The zero-order valence-corrected chi connectivity index (χ0v) is 10.2. The summed E-state index contributed by atoms with van der Waals surface area (Å²) in [5.74, 6) is -0.345. The van der Waals surface area contributed by atoms with Crippen molar-refractivity contribution in [3.63, 3.8) is 0 Å². The highest BCUT2D eigenvalue weighted by Crippen LogP contribution is 2.21. The van der Waals surface area contributed by atoms with Crippen molar-refractivity contribution in [2.24, 2.45) is 0 Å². The molecule has 0 radical (unpaired) electrons. The van der Waals surface area contributed by atoms with E-state index in [4.69, 9.17) is 4.74 Å². The molecule has 18 heavy (non-hydrogen) atoms. The standard InChI is InChI=1S/C15H14O3/c1-18-15(17)13-8-7-12-5-2-4-11(6-3-9-16)14(12)10-13/h2,4-5,7-10H,3,6H2,1H3. The Morgan fingerprint density at radius 2 is 2.11 bits per heavy atom. The van der Waals surface area contributed by atoms with Crippen LogP contribution in [0.25, 0.3) is 10.8 Å². The predicted octanol–water partition coefficient (Wildman–Crippen LogP) is 2.76. The number of rotatable bonds is 4. The zero-order valence-electron chi connectivity index (χ0n) is 10.2. The highest BCUT2D eigenvalue weighted by atomic mass is 16.5. The molecule has 2 rings (SSSR count). The molecule has 92 valence electrons. The molecule has 0 heterocycles. The molecule has 0 aliphatic heterocycles. The average molecular weight is 242 g/mol. The molecule has 2 aromatic carbocycles. The Labute approximate surface area is 105 Å². The first kappa shape index (κ1) is 12.3. The molecule has 0 aromatic heterocycles. The third kappa shape index (κ3) is 2.40. The van der Waals surface area contributed by atoms with E-state index in [9.17, 15) is 9.59 Å². The second-order valence-corrected chi connectivity index (χ2v) is 4.05. The number of carbonyl (C=O) groups is 2. The third-order valence-corrected chi connectivity index (χ3v) is 2.93. The van der Waals surface area contributed by atoms with Gasteiger partial charge in [-0.3, -0.25) is 0 Å². The van der Waals surface area contributed by atoms with Crippen LogP contribution in [0.4, 0.5) is 0 Å². The lowest BCUT2D eigenvalue weighted by Gasteiger charge is -2.07. The van der Waals surface area contributed by atoms with Crippen molar-refractivity contribution in [2.75, 3.05) is 7.11 Å². The van der Waals surface area contributed by atoms with Crippen LogP contribution < -0.4 is 0 Å². The van der Waals surface area contributed by atoms with Gasteiger partial charge < -0.3 is 9.53 Å². The first-order valence-electron chi connectivity index (χ1n) is 5.80. The minimum atomic E-state index is -0.345. The van der Waals surface area contributed by atoms with Gasteiger partial charge in [0.25, 0.3) is 0 Å². The van der Waals surface area contributed by atoms with Crippen LogP contribution in [0.15, 0.2) is 36.4 Å². The van der Waals surface area contributed by atoms with Gasteiger partial charge in [0.05, 0.1) is 12.7 Å². The number of aryl methyl sites for hydroxylation is 1. The Morgan fingerprint density at radius 3 is 2.83 bits per heavy atom. The van der Waals surface area contributed by atoms with Crippen molar-refractivity contribution in [1.29, 1.82) is 0 Å². The van der Waals surface area contributed by atoms with Gasteiger partial charge >= 0.3 is 5.97 Å². The molecule has 0 N–H and O–H groups in total. The normalized spacial score (nSPS) is 10.3. The van der Waals surface area contributed by atoms with Crippen molar-refractivity contribution in [2.45, 2.75) is 12.8 Å². The Hall–Kier alpha value is -2.16. The van der Waals surface area contributed by atoms with Gasteiger partial charge in [0.2, 0.25) is 0 Å². The molecule has 0 atom stereocenters. The summed E-state index contributed by atoms with van der Waals surface area (Å²) >= 11 is 0. The van der Waals surface area contributed by atoms with E-state index in [-0.39, 0.29) is 5.97 Å². The first-order chi connectivity index (χ1) is 8.76. The van der Waals surface area contributed by atoms with Crippen molar-refractivity contribution < 1.29 is 14.3 Å². The molecule has 0 saturated carbocycles. The fourth-order valence-electron chi connectivity index (χ4n) is 2.01. The largest absolute Gasteiger partial charge is 0.465 e. The van der Waals surface area contributed by atoms with Crippen molar-refractivity contribution in [3.05, 3.63) is 47.5 Å². The quantitative estimate of drug-likeness (QED) is 0.611. The van der Waals surface area contributed by atoms with Gasteiger partial charge in [-0.2, -0.15) is 0 Å². The van der Waals surface area contributed by atoms with E-state index in [1.165, 1.54) is 7.11 Å². The zero-order chi connectivity index (χ0) is 13.0. The molecule has 0 unspecified atom stereocenters. The van der Waals surface area contributed by atoms with Crippen LogP contribution in [0.5, 0.6) is 0 Å². The van der Waals surface area contributed by atoms with E-state index >= 15 is 0 Å². The lowest BCUT2D eigenvalue weighted by Crippen LogP contribution is -2.01. The molecule has 0 saturated heterocycles. The number of hydrogen-bond acceptors (Lipinski definition) is 3. The smallest absolute Gasteiger partial charge is 0.337 e. The summed E-state index contributed by atoms with van der Waals surface area (Å²) in [5.41, 5.74) is 1.61. The highest BCUT2D eigenvalue weighted by Gasteiger charge is 2.07. The average Bonchev–Trinajstić information content (AvgIpc) is 2.43. The van der Waals surface area contributed by atoms with Gasteiger partial charge in [-0.1, -0.05) is 24.3 Å². The summed E-state index contributed by atoms with van der Waals surface area (Å²) in [7, 11) is 1.37. The minimum absolute atomic E-state index is 0.345. The molecule has 3 heteroatoms. The summed E-state index contributed by atoms with van der Waals surface area (Å²) < 4.78 is 4.71. The lowest BCUT2D eigenvalue weighted by atomic mass is 9.99. The van der Waals surface area contributed by atoms with Gasteiger partial charge in [-0.15, -0.1) is 0 Å². The van der Waals surface area contributed by atoms with Crippen molar-refractivity contribution in [3.8, 4) is 0 Å². The molecular formula is C15H14O3. The first-order valence-corrected chi connectivity index (χ1v) is 5.80. The molecular weight excluding hydrogens is 228 g/mol. The molecule has 2 aromatic rings. The Morgan fingerprint density at radius 1 is 1.28 bits per heavy atom. The number of benzene rings is 2. The topological polar surface area (TPSA) is 43.4 Å². The monoisotopic (exact) mass is 242 g/mol. The van der Waals surface area contributed by atoms with Crippen LogP contribution in [-0.2, 0) is 16.0 Å². The van der Waals surface area contributed by atoms with E-state index in [0.717, 1.165) is 22.6 Å². The van der Waals surface area contributed by atoms with E-state index in [1.54, 1.807) is 6.07 Å². The minimum Gasteiger partial charge on any atom is -0.465 e. The summed E-state index contributed by atoms with van der Waals surface area (Å²) in [4.78, 5) is 22.0. The van der Waals surface area contributed by atoms with Gasteiger partial charge in [-0.25, -0.2) is 4.79 Å². The van der Waals surface area contributed by atoms with Gasteiger partial charge in [0, 0.05) is 6.42 Å².